The van der Waals surface area contributed by atoms with Crippen molar-refractivity contribution in [3.8, 4) is 10.4 Å². The molecule has 3 saturated heterocycles. The van der Waals surface area contributed by atoms with Gasteiger partial charge in [0.25, 0.3) is 5.91 Å². The number of anilines is 1. The summed E-state index contributed by atoms with van der Waals surface area (Å²) in [5.41, 5.74) is 3.59. The van der Waals surface area contributed by atoms with E-state index in [-0.39, 0.29) is 5.91 Å². The summed E-state index contributed by atoms with van der Waals surface area (Å²) in [6.45, 7) is 10.0. The fourth-order valence-electron chi connectivity index (χ4n) is 4.52. The van der Waals surface area contributed by atoms with Crippen LogP contribution in [-0.2, 0) is 4.74 Å². The zero-order valence-electron chi connectivity index (χ0n) is 17.1. The molecule has 1 aromatic carbocycles. The molecule has 0 radical (unpaired) electrons. The van der Waals surface area contributed by atoms with E-state index in [1.54, 1.807) is 11.3 Å². The van der Waals surface area contributed by atoms with Crippen molar-refractivity contribution in [1.82, 2.24) is 9.80 Å². The number of thiophene rings is 1. The molecule has 29 heavy (non-hydrogen) atoms. The summed E-state index contributed by atoms with van der Waals surface area (Å²) in [6, 6.07) is 11.7. The van der Waals surface area contributed by atoms with Gasteiger partial charge in [0.2, 0.25) is 0 Å². The molecule has 1 aromatic heterocycles. The third-order valence-corrected chi connectivity index (χ3v) is 7.75. The number of rotatable bonds is 4. The van der Waals surface area contributed by atoms with Crippen molar-refractivity contribution in [2.45, 2.75) is 25.8 Å². The summed E-state index contributed by atoms with van der Waals surface area (Å²) in [6.07, 6.45) is 2.26. The monoisotopic (exact) mass is 411 g/mol. The third-order valence-electron chi connectivity index (χ3n) is 6.47. The molecule has 0 atom stereocenters. The van der Waals surface area contributed by atoms with Crippen molar-refractivity contribution < 1.29 is 9.53 Å². The number of hydrogen-bond acceptors (Lipinski definition) is 5. The minimum absolute atomic E-state index is 0.211. The quantitative estimate of drug-likeness (QED) is 0.772. The van der Waals surface area contributed by atoms with Gasteiger partial charge >= 0.3 is 0 Å². The van der Waals surface area contributed by atoms with Crippen LogP contribution in [0.2, 0.25) is 0 Å². The molecule has 5 nitrogen and oxygen atoms in total. The maximum Gasteiger partial charge on any atom is 0.264 e. The fraction of sp³-hybridized carbons (Fsp3) is 0.522. The van der Waals surface area contributed by atoms with Crippen LogP contribution in [0, 0.1) is 6.92 Å². The van der Waals surface area contributed by atoms with Gasteiger partial charge in [-0.15, -0.1) is 11.3 Å². The van der Waals surface area contributed by atoms with E-state index in [1.165, 1.54) is 16.1 Å². The highest BCUT2D eigenvalue weighted by Crippen LogP contribution is 2.34. The molecule has 3 fully saturated rings. The number of ether oxygens (including phenoxy) is 1. The number of nitrogens with zero attached hydrogens (tertiary/aromatic N) is 3. The van der Waals surface area contributed by atoms with Gasteiger partial charge in [-0.05, 0) is 49.1 Å². The average molecular weight is 412 g/mol. The number of carbonyl (C=O) groups is 1. The topological polar surface area (TPSA) is 36.0 Å². The lowest BCUT2D eigenvalue weighted by molar-refractivity contribution is -0.0660. The van der Waals surface area contributed by atoms with E-state index in [1.807, 2.05) is 4.90 Å². The number of hydrogen-bond donors (Lipinski definition) is 0. The average Bonchev–Trinajstić information content (AvgIpc) is 3.37. The van der Waals surface area contributed by atoms with E-state index in [4.69, 9.17) is 4.74 Å². The molecule has 4 heterocycles. The maximum atomic E-state index is 12.8. The van der Waals surface area contributed by atoms with Crippen LogP contribution in [0.5, 0.6) is 0 Å². The second kappa shape index (κ2) is 8.09. The molecule has 2 aromatic rings. The number of likely N-dealkylation sites (tertiary alicyclic amines) is 1. The maximum absolute atomic E-state index is 12.8. The van der Waals surface area contributed by atoms with E-state index in [2.05, 4.69) is 47.1 Å². The van der Waals surface area contributed by atoms with Crippen molar-refractivity contribution in [1.29, 1.82) is 0 Å². The first-order chi connectivity index (χ1) is 14.2. The van der Waals surface area contributed by atoms with Gasteiger partial charge in [-0.1, -0.05) is 12.1 Å². The largest absolute Gasteiger partial charge is 0.378 e. The number of piperazine rings is 1. The van der Waals surface area contributed by atoms with E-state index in [0.29, 0.717) is 6.04 Å². The summed E-state index contributed by atoms with van der Waals surface area (Å²) < 4.78 is 5.33. The Hall–Kier alpha value is -1.89. The Balaban J connectivity index is 1.26. The molecule has 0 unspecified atom stereocenters. The first kappa shape index (κ1) is 19.1. The van der Waals surface area contributed by atoms with Crippen LogP contribution < -0.4 is 4.90 Å². The predicted molar refractivity (Wildman–Crippen MR) is 118 cm³/mol. The van der Waals surface area contributed by atoms with Crippen LogP contribution in [0.25, 0.3) is 10.4 Å². The Morgan fingerprint density at radius 2 is 1.69 bits per heavy atom. The van der Waals surface area contributed by atoms with Gasteiger partial charge < -0.3 is 14.5 Å². The summed E-state index contributed by atoms with van der Waals surface area (Å²) in [5.74, 6) is 0.211. The number of benzene rings is 1. The molecular weight excluding hydrogens is 382 g/mol. The molecule has 6 heteroatoms. The minimum Gasteiger partial charge on any atom is -0.378 e. The molecule has 3 aliphatic rings. The van der Waals surface area contributed by atoms with Crippen LogP contribution in [-0.4, -0.2) is 74.2 Å². The molecule has 0 saturated carbocycles. The molecule has 0 spiro atoms. The lowest BCUT2D eigenvalue weighted by Crippen LogP contribution is -2.56. The fourth-order valence-corrected chi connectivity index (χ4v) is 5.66. The molecule has 0 N–H and O–H groups in total. The highest BCUT2D eigenvalue weighted by molar-refractivity contribution is 7.17. The molecule has 3 aliphatic heterocycles. The zero-order chi connectivity index (χ0) is 19.8. The van der Waals surface area contributed by atoms with Crippen LogP contribution in [0.3, 0.4) is 0 Å². The van der Waals surface area contributed by atoms with Crippen molar-refractivity contribution >= 4 is 22.9 Å². The Labute approximate surface area is 176 Å². The molecule has 1 amide bonds. The van der Waals surface area contributed by atoms with Crippen molar-refractivity contribution in [2.24, 2.45) is 0 Å². The smallest absolute Gasteiger partial charge is 0.264 e. The van der Waals surface area contributed by atoms with Gasteiger partial charge in [0.15, 0.2) is 0 Å². The lowest BCUT2D eigenvalue weighted by atomic mass is 10.1. The summed E-state index contributed by atoms with van der Waals surface area (Å²) in [7, 11) is 0. The second-order valence-corrected chi connectivity index (χ2v) is 9.44. The van der Waals surface area contributed by atoms with Gasteiger partial charge in [0, 0.05) is 49.8 Å². The molecule has 154 valence electrons. The van der Waals surface area contributed by atoms with Crippen molar-refractivity contribution in [3.63, 3.8) is 0 Å². The first-order valence-electron chi connectivity index (χ1n) is 10.8. The molecule has 5 rings (SSSR count). The second-order valence-electron chi connectivity index (χ2n) is 8.38. The Morgan fingerprint density at radius 1 is 1.00 bits per heavy atom. The zero-order valence-corrected chi connectivity index (χ0v) is 17.9. The van der Waals surface area contributed by atoms with Crippen LogP contribution in [0.15, 0.2) is 30.3 Å². The van der Waals surface area contributed by atoms with Crippen LogP contribution >= 0.6 is 11.3 Å². The Kier molecular flexibility index (Phi) is 5.33. The molecule has 0 bridgehead atoms. The Bertz CT molecular complexity index is 861. The Morgan fingerprint density at radius 3 is 2.31 bits per heavy atom. The predicted octanol–water partition coefficient (Wildman–Crippen LogP) is 3.48. The highest BCUT2D eigenvalue weighted by Gasteiger charge is 2.29. The summed E-state index contributed by atoms with van der Waals surface area (Å²) in [5, 5.41) is 0. The van der Waals surface area contributed by atoms with Gasteiger partial charge in [-0.2, -0.15) is 0 Å². The molecule has 0 aliphatic carbocycles. The van der Waals surface area contributed by atoms with Crippen molar-refractivity contribution in [2.75, 3.05) is 57.4 Å². The number of aryl methyl sites for hydroxylation is 1. The SMILES string of the molecule is Cc1cc(-c2ccc(N3CCN(C4COC4)CC3)cc2)sc1C(=O)N1CCCC1. The summed E-state index contributed by atoms with van der Waals surface area (Å²) >= 11 is 1.64. The first-order valence-corrected chi connectivity index (χ1v) is 11.6. The van der Waals surface area contributed by atoms with Crippen LogP contribution in [0.1, 0.15) is 28.1 Å². The van der Waals surface area contributed by atoms with E-state index < -0.39 is 0 Å². The van der Waals surface area contributed by atoms with E-state index >= 15 is 0 Å². The van der Waals surface area contributed by atoms with Gasteiger partial charge in [0.05, 0.1) is 24.1 Å². The van der Waals surface area contributed by atoms with Crippen molar-refractivity contribution in [3.05, 3.63) is 40.8 Å². The number of amides is 1. The van der Waals surface area contributed by atoms with E-state index in [0.717, 1.165) is 75.8 Å². The third kappa shape index (κ3) is 3.81. The normalized spacial score (nSPS) is 20.9. The lowest BCUT2D eigenvalue weighted by Gasteiger charge is -2.43. The number of carbonyl (C=O) groups excluding carboxylic acids is 1. The van der Waals surface area contributed by atoms with Gasteiger partial charge in [-0.25, -0.2) is 0 Å². The minimum atomic E-state index is 0.211. The highest BCUT2D eigenvalue weighted by atomic mass is 32.1. The van der Waals surface area contributed by atoms with Crippen LogP contribution in [0.4, 0.5) is 5.69 Å². The van der Waals surface area contributed by atoms with Gasteiger partial charge in [-0.3, -0.25) is 9.69 Å². The molecular formula is C23H29N3O2S. The summed E-state index contributed by atoms with van der Waals surface area (Å²) in [4.78, 5) is 21.9. The standard InChI is InChI=1S/C23H29N3O2S/c1-17-14-21(29-22(17)23(27)26-8-2-3-9-26)18-4-6-19(7-5-18)24-10-12-25(13-11-24)20-15-28-16-20/h4-7,14,20H,2-3,8-13,15-16H2,1H3. The van der Waals surface area contributed by atoms with Gasteiger partial charge in [0.1, 0.15) is 0 Å². The van der Waals surface area contributed by atoms with E-state index in [9.17, 15) is 4.79 Å².